The zero-order chi connectivity index (χ0) is 18.1. The first-order chi connectivity index (χ1) is 12.0. The Morgan fingerprint density at radius 3 is 2.68 bits per heavy atom. The van der Waals surface area contributed by atoms with Crippen LogP contribution >= 0.6 is 0 Å². The van der Waals surface area contributed by atoms with Gasteiger partial charge in [-0.05, 0) is 30.9 Å². The van der Waals surface area contributed by atoms with Crippen LogP contribution in [0.3, 0.4) is 0 Å². The molecular formula is C19H25NO5. The highest BCUT2D eigenvalue weighted by atomic mass is 16.5. The Morgan fingerprint density at radius 1 is 1.28 bits per heavy atom. The summed E-state index contributed by atoms with van der Waals surface area (Å²) in [5.74, 6) is 1.47. The van der Waals surface area contributed by atoms with Crippen molar-refractivity contribution >= 4 is 11.9 Å². The highest BCUT2D eigenvalue weighted by Gasteiger charge is 2.64. The van der Waals surface area contributed by atoms with Gasteiger partial charge in [-0.3, -0.25) is 9.59 Å². The molecule has 1 aromatic rings. The number of methoxy groups -OCH3 is 2. The molecule has 0 aromatic heterocycles. The lowest BCUT2D eigenvalue weighted by molar-refractivity contribution is -0.145. The predicted octanol–water partition coefficient (Wildman–Crippen LogP) is 2.25. The Kier molecular flexibility index (Phi) is 4.88. The number of fused-ring (bicyclic) bond motifs is 1. The third kappa shape index (κ3) is 3.17. The van der Waals surface area contributed by atoms with Crippen molar-refractivity contribution < 1.29 is 23.8 Å². The van der Waals surface area contributed by atoms with E-state index < -0.39 is 0 Å². The van der Waals surface area contributed by atoms with Gasteiger partial charge in [-0.25, -0.2) is 0 Å². The maximum Gasteiger partial charge on any atom is 0.311 e. The van der Waals surface area contributed by atoms with Crippen LogP contribution in [0.1, 0.15) is 25.8 Å². The van der Waals surface area contributed by atoms with Gasteiger partial charge in [0.2, 0.25) is 5.91 Å². The second kappa shape index (κ2) is 6.94. The van der Waals surface area contributed by atoms with E-state index in [1.807, 2.05) is 24.0 Å². The molecule has 1 aliphatic heterocycles. The van der Waals surface area contributed by atoms with Crippen molar-refractivity contribution in [2.24, 2.45) is 17.8 Å². The topological polar surface area (TPSA) is 65.1 Å². The number of piperidine rings is 1. The monoisotopic (exact) mass is 347 g/mol. The van der Waals surface area contributed by atoms with Crippen LogP contribution < -0.4 is 9.47 Å². The molecule has 25 heavy (non-hydrogen) atoms. The van der Waals surface area contributed by atoms with E-state index >= 15 is 0 Å². The van der Waals surface area contributed by atoms with E-state index in [2.05, 4.69) is 0 Å². The van der Waals surface area contributed by atoms with Crippen LogP contribution in [-0.4, -0.2) is 43.6 Å². The summed E-state index contributed by atoms with van der Waals surface area (Å²) in [6.07, 6.45) is 0.468. The summed E-state index contributed by atoms with van der Waals surface area (Å²) in [4.78, 5) is 26.6. The summed E-state index contributed by atoms with van der Waals surface area (Å²) in [5.41, 5.74) is 0.902. The second-order valence-corrected chi connectivity index (χ2v) is 6.73. The van der Waals surface area contributed by atoms with E-state index in [4.69, 9.17) is 14.2 Å². The molecular weight excluding hydrogens is 322 g/mol. The zero-order valence-electron chi connectivity index (χ0n) is 15.2. The summed E-state index contributed by atoms with van der Waals surface area (Å²) < 4.78 is 15.9. The molecule has 0 spiro atoms. The number of likely N-dealkylation sites (tertiary alicyclic amines) is 1. The molecule has 6 nitrogen and oxygen atoms in total. The minimum absolute atomic E-state index is 0.0675. The highest BCUT2D eigenvalue weighted by Crippen LogP contribution is 2.53. The van der Waals surface area contributed by atoms with Gasteiger partial charge in [-0.1, -0.05) is 6.92 Å². The fourth-order valence-corrected chi connectivity index (χ4v) is 4.00. The van der Waals surface area contributed by atoms with Gasteiger partial charge in [-0.2, -0.15) is 0 Å². The zero-order valence-corrected chi connectivity index (χ0v) is 15.2. The molecule has 0 bridgehead atoms. The van der Waals surface area contributed by atoms with Crippen molar-refractivity contribution in [3.63, 3.8) is 0 Å². The van der Waals surface area contributed by atoms with E-state index in [1.165, 1.54) is 0 Å². The Morgan fingerprint density at radius 2 is 2.04 bits per heavy atom. The van der Waals surface area contributed by atoms with Gasteiger partial charge >= 0.3 is 5.97 Å². The van der Waals surface area contributed by atoms with Gasteiger partial charge in [0, 0.05) is 30.6 Å². The maximum atomic E-state index is 12.6. The molecule has 1 aliphatic carbocycles. The van der Waals surface area contributed by atoms with Crippen molar-refractivity contribution in [3.8, 4) is 11.5 Å². The van der Waals surface area contributed by atoms with Crippen molar-refractivity contribution in [1.29, 1.82) is 0 Å². The molecule has 1 saturated heterocycles. The molecule has 2 aliphatic rings. The number of hydrogen-bond donors (Lipinski definition) is 0. The number of amides is 1. The lowest BCUT2D eigenvalue weighted by atomic mass is 9.96. The summed E-state index contributed by atoms with van der Waals surface area (Å²) >= 11 is 0. The van der Waals surface area contributed by atoms with E-state index in [0.717, 1.165) is 5.56 Å². The molecule has 1 saturated carbocycles. The number of carbonyl (C=O) groups is 2. The minimum atomic E-state index is -0.203. The van der Waals surface area contributed by atoms with Gasteiger partial charge in [0.1, 0.15) is 11.5 Å². The molecule has 136 valence electrons. The molecule has 1 amide bonds. The molecule has 0 radical (unpaired) electrons. The van der Waals surface area contributed by atoms with Crippen molar-refractivity contribution in [2.45, 2.75) is 32.9 Å². The molecule has 4 atom stereocenters. The van der Waals surface area contributed by atoms with Crippen LogP contribution in [0.2, 0.25) is 0 Å². The number of rotatable bonds is 6. The van der Waals surface area contributed by atoms with Gasteiger partial charge in [0.05, 0.1) is 26.7 Å². The van der Waals surface area contributed by atoms with Crippen LogP contribution in [0.25, 0.3) is 0 Å². The predicted molar refractivity (Wildman–Crippen MR) is 91.3 cm³/mol. The number of nitrogens with zero attached hydrogens (tertiary/aromatic N) is 1. The van der Waals surface area contributed by atoms with Crippen LogP contribution in [0.4, 0.5) is 0 Å². The average Bonchev–Trinajstić information content (AvgIpc) is 3.35. The van der Waals surface area contributed by atoms with Crippen LogP contribution in [0.5, 0.6) is 11.5 Å². The van der Waals surface area contributed by atoms with Crippen LogP contribution in [0.15, 0.2) is 18.2 Å². The van der Waals surface area contributed by atoms with Gasteiger partial charge in [-0.15, -0.1) is 0 Å². The number of esters is 1. The van der Waals surface area contributed by atoms with Crippen molar-refractivity contribution in [1.82, 2.24) is 4.90 Å². The largest absolute Gasteiger partial charge is 0.497 e. The quantitative estimate of drug-likeness (QED) is 0.739. The highest BCUT2D eigenvalue weighted by molar-refractivity contribution is 5.84. The molecule has 1 heterocycles. The average molecular weight is 347 g/mol. The summed E-state index contributed by atoms with van der Waals surface area (Å²) in [7, 11) is 3.20. The van der Waals surface area contributed by atoms with E-state index in [1.54, 1.807) is 27.2 Å². The first-order valence-corrected chi connectivity index (χ1v) is 8.68. The number of ether oxygens (including phenoxy) is 3. The lowest BCUT2D eigenvalue weighted by Crippen LogP contribution is -2.39. The van der Waals surface area contributed by atoms with Gasteiger partial charge in [0.25, 0.3) is 0 Å². The van der Waals surface area contributed by atoms with E-state index in [-0.39, 0.29) is 35.7 Å². The summed E-state index contributed by atoms with van der Waals surface area (Å²) in [6.45, 7) is 4.64. The third-order valence-electron chi connectivity index (χ3n) is 5.26. The molecule has 0 unspecified atom stereocenters. The van der Waals surface area contributed by atoms with E-state index in [0.29, 0.717) is 31.1 Å². The molecule has 3 rings (SSSR count). The Bertz CT molecular complexity index is 674. The third-order valence-corrected chi connectivity index (χ3v) is 5.26. The normalized spacial score (nSPS) is 27.5. The second-order valence-electron chi connectivity index (χ2n) is 6.73. The molecule has 0 N–H and O–H groups in total. The molecule has 2 fully saturated rings. The first-order valence-electron chi connectivity index (χ1n) is 8.68. The Hall–Kier alpha value is -2.24. The summed E-state index contributed by atoms with van der Waals surface area (Å²) in [5, 5.41) is 0. The lowest BCUT2D eigenvalue weighted by Gasteiger charge is -2.30. The van der Waals surface area contributed by atoms with Gasteiger partial charge in [0.15, 0.2) is 0 Å². The minimum Gasteiger partial charge on any atom is -0.497 e. The van der Waals surface area contributed by atoms with E-state index in [9.17, 15) is 9.59 Å². The first kappa shape index (κ1) is 17.6. The molecule has 1 aromatic carbocycles. The number of hydrogen-bond acceptors (Lipinski definition) is 5. The number of benzene rings is 1. The Labute approximate surface area is 148 Å². The standard InChI is InChI=1S/C19H25NO5/c1-5-25-19(22)17-16-11(2)8-15(21)20(18(16)17)10-12-6-7-13(23-3)9-14(12)24-4/h6-7,9,11,16-18H,5,8,10H2,1-4H3/t11-,16-,17+,18-/m1/s1. The fourth-order valence-electron chi connectivity index (χ4n) is 4.00. The number of carbonyl (C=O) groups excluding carboxylic acids is 2. The van der Waals surface area contributed by atoms with Crippen LogP contribution in [0, 0.1) is 17.8 Å². The fraction of sp³-hybridized carbons (Fsp3) is 0.579. The maximum absolute atomic E-state index is 12.6. The summed E-state index contributed by atoms with van der Waals surface area (Å²) in [6, 6.07) is 5.49. The van der Waals surface area contributed by atoms with Crippen molar-refractivity contribution in [2.75, 3.05) is 20.8 Å². The smallest absolute Gasteiger partial charge is 0.311 e. The van der Waals surface area contributed by atoms with Crippen LogP contribution in [-0.2, 0) is 20.9 Å². The molecule has 6 heteroatoms. The van der Waals surface area contributed by atoms with Gasteiger partial charge < -0.3 is 19.1 Å². The van der Waals surface area contributed by atoms with Crippen molar-refractivity contribution in [3.05, 3.63) is 23.8 Å². The Balaban J connectivity index is 1.82. The SMILES string of the molecule is CCOC(=O)[C@H]1[C@@H]2[C@H]1N(Cc1ccc(OC)cc1OC)C(=O)C[C@H]2C.